The van der Waals surface area contributed by atoms with E-state index in [1.54, 1.807) is 9.80 Å². The highest BCUT2D eigenvalue weighted by Crippen LogP contribution is 2.38. The number of carbonyl (C=O) groups is 2. The Labute approximate surface area is 130 Å². The summed E-state index contributed by atoms with van der Waals surface area (Å²) >= 11 is 3.63. The van der Waals surface area contributed by atoms with E-state index < -0.39 is 0 Å². The first kappa shape index (κ1) is 15.8. The maximum Gasteiger partial charge on any atom is 0.312 e. The zero-order valence-corrected chi connectivity index (χ0v) is 14.1. The Morgan fingerprint density at radius 3 is 2.30 bits per heavy atom. The highest BCUT2D eigenvalue weighted by molar-refractivity contribution is 9.09. The number of carbonyl (C=O) groups excluding carboxylic acids is 2. The minimum Gasteiger partial charge on any atom is -0.332 e. The van der Waals surface area contributed by atoms with Gasteiger partial charge in [0, 0.05) is 31.0 Å². The van der Waals surface area contributed by atoms with E-state index in [4.69, 9.17) is 0 Å². The molecule has 0 radical (unpaired) electrons. The third-order valence-corrected chi connectivity index (χ3v) is 5.88. The minimum absolute atomic E-state index is 0.105. The van der Waals surface area contributed by atoms with Crippen molar-refractivity contribution in [2.75, 3.05) is 25.0 Å². The summed E-state index contributed by atoms with van der Waals surface area (Å²) in [5.74, 6) is -0.636. The quantitative estimate of drug-likeness (QED) is 0.580. The van der Waals surface area contributed by atoms with Gasteiger partial charge in [0.15, 0.2) is 0 Å². The Kier molecular flexibility index (Phi) is 5.10. The first-order chi connectivity index (χ1) is 9.49. The first-order valence-corrected chi connectivity index (χ1v) is 8.77. The Hall–Kier alpha value is -0.580. The summed E-state index contributed by atoms with van der Waals surface area (Å²) in [6.45, 7) is 6.00. The van der Waals surface area contributed by atoms with Crippen LogP contribution in [0.1, 0.15) is 46.0 Å². The fourth-order valence-corrected chi connectivity index (χ4v) is 4.11. The highest BCUT2D eigenvalue weighted by atomic mass is 79.9. The minimum atomic E-state index is -0.327. The molecule has 0 aromatic heterocycles. The van der Waals surface area contributed by atoms with Crippen LogP contribution in [0.5, 0.6) is 0 Å². The predicted octanol–water partition coefficient (Wildman–Crippen LogP) is 2.41. The molecule has 20 heavy (non-hydrogen) atoms. The van der Waals surface area contributed by atoms with Gasteiger partial charge in [-0.3, -0.25) is 9.59 Å². The van der Waals surface area contributed by atoms with Gasteiger partial charge in [-0.05, 0) is 32.1 Å². The zero-order chi connectivity index (χ0) is 14.8. The van der Waals surface area contributed by atoms with Crippen LogP contribution >= 0.6 is 15.9 Å². The molecule has 1 aliphatic carbocycles. The molecule has 2 rings (SSSR count). The zero-order valence-electron chi connectivity index (χ0n) is 12.5. The van der Waals surface area contributed by atoms with Crippen LogP contribution < -0.4 is 0 Å². The van der Waals surface area contributed by atoms with Crippen LogP contribution in [0.3, 0.4) is 0 Å². The van der Waals surface area contributed by atoms with Crippen LogP contribution in [0.25, 0.3) is 0 Å². The number of piperazine rings is 1. The smallest absolute Gasteiger partial charge is 0.312 e. The van der Waals surface area contributed by atoms with Crippen molar-refractivity contribution in [2.45, 2.75) is 52.0 Å². The van der Waals surface area contributed by atoms with Crippen molar-refractivity contribution in [2.24, 2.45) is 5.41 Å². The molecule has 1 saturated carbocycles. The summed E-state index contributed by atoms with van der Waals surface area (Å²) in [7, 11) is 0. The SMILES string of the molecule is CC(C)N1CCN(CC2(CBr)CCCCC2)C(=O)C1=O. The second-order valence-corrected chi connectivity index (χ2v) is 7.07. The Bertz CT molecular complexity index is 378. The largest absolute Gasteiger partial charge is 0.332 e. The summed E-state index contributed by atoms with van der Waals surface area (Å²) in [6.07, 6.45) is 6.08. The van der Waals surface area contributed by atoms with Crippen molar-refractivity contribution in [3.05, 3.63) is 0 Å². The molecule has 0 aromatic rings. The van der Waals surface area contributed by atoms with E-state index in [1.165, 1.54) is 19.3 Å². The molecule has 0 spiro atoms. The van der Waals surface area contributed by atoms with E-state index in [2.05, 4.69) is 15.9 Å². The van der Waals surface area contributed by atoms with Crippen LogP contribution in [0.15, 0.2) is 0 Å². The molecule has 0 unspecified atom stereocenters. The fourth-order valence-electron chi connectivity index (χ4n) is 3.37. The van der Waals surface area contributed by atoms with Crippen molar-refractivity contribution < 1.29 is 9.59 Å². The maximum absolute atomic E-state index is 12.3. The van der Waals surface area contributed by atoms with Crippen molar-refractivity contribution in [1.29, 1.82) is 0 Å². The number of rotatable bonds is 4. The molecular weight excluding hydrogens is 320 g/mol. The van der Waals surface area contributed by atoms with Crippen LogP contribution in [0.4, 0.5) is 0 Å². The second kappa shape index (κ2) is 6.46. The number of hydrogen-bond donors (Lipinski definition) is 0. The monoisotopic (exact) mass is 344 g/mol. The van der Waals surface area contributed by atoms with Gasteiger partial charge in [0.1, 0.15) is 0 Å². The summed E-state index contributed by atoms with van der Waals surface area (Å²) < 4.78 is 0. The molecule has 0 atom stereocenters. The topological polar surface area (TPSA) is 40.6 Å². The van der Waals surface area contributed by atoms with Gasteiger partial charge >= 0.3 is 11.8 Å². The van der Waals surface area contributed by atoms with Gasteiger partial charge in [-0.15, -0.1) is 0 Å². The fraction of sp³-hybridized carbons (Fsp3) is 0.867. The summed E-state index contributed by atoms with van der Waals surface area (Å²) in [5.41, 5.74) is 0.175. The normalized spacial score (nSPS) is 23.6. The standard InChI is InChI=1S/C15H25BrN2O2/c1-12(2)18-9-8-17(13(19)14(18)20)11-15(10-16)6-4-3-5-7-15/h12H,3-11H2,1-2H3. The van der Waals surface area contributed by atoms with E-state index >= 15 is 0 Å². The van der Waals surface area contributed by atoms with Crippen molar-refractivity contribution in [1.82, 2.24) is 9.80 Å². The van der Waals surface area contributed by atoms with Crippen LogP contribution in [-0.2, 0) is 9.59 Å². The Morgan fingerprint density at radius 1 is 1.10 bits per heavy atom. The molecule has 5 heteroatoms. The second-order valence-electron chi connectivity index (χ2n) is 6.51. The van der Waals surface area contributed by atoms with Gasteiger partial charge in [0.2, 0.25) is 0 Å². The van der Waals surface area contributed by atoms with E-state index in [0.717, 1.165) is 24.7 Å². The van der Waals surface area contributed by atoms with Gasteiger partial charge in [-0.25, -0.2) is 0 Å². The number of amides is 2. The lowest BCUT2D eigenvalue weighted by molar-refractivity contribution is -0.158. The molecule has 1 heterocycles. The molecule has 0 aromatic carbocycles. The molecule has 4 nitrogen and oxygen atoms in total. The lowest BCUT2D eigenvalue weighted by atomic mass is 9.75. The number of hydrogen-bond acceptors (Lipinski definition) is 2. The molecule has 2 aliphatic rings. The first-order valence-electron chi connectivity index (χ1n) is 7.65. The average Bonchev–Trinajstić information content (AvgIpc) is 2.45. The van der Waals surface area contributed by atoms with E-state index in [-0.39, 0.29) is 23.3 Å². The van der Waals surface area contributed by atoms with E-state index in [1.807, 2.05) is 13.8 Å². The van der Waals surface area contributed by atoms with Gasteiger partial charge in [-0.1, -0.05) is 35.2 Å². The molecule has 114 valence electrons. The molecule has 0 N–H and O–H groups in total. The highest BCUT2D eigenvalue weighted by Gasteiger charge is 2.39. The Morgan fingerprint density at radius 2 is 1.75 bits per heavy atom. The third-order valence-electron chi connectivity index (χ3n) is 4.69. The summed E-state index contributed by atoms with van der Waals surface area (Å²) in [6, 6.07) is 0.105. The van der Waals surface area contributed by atoms with Crippen molar-refractivity contribution in [3.63, 3.8) is 0 Å². The van der Waals surface area contributed by atoms with Crippen LogP contribution in [0.2, 0.25) is 0 Å². The third kappa shape index (κ3) is 3.18. The van der Waals surface area contributed by atoms with E-state index in [0.29, 0.717) is 13.1 Å². The van der Waals surface area contributed by atoms with Crippen LogP contribution in [-0.4, -0.2) is 52.6 Å². The number of nitrogens with zero attached hydrogens (tertiary/aromatic N) is 2. The lowest BCUT2D eigenvalue weighted by Gasteiger charge is -2.43. The number of halogens is 1. The molecule has 0 bridgehead atoms. The predicted molar refractivity (Wildman–Crippen MR) is 82.7 cm³/mol. The van der Waals surface area contributed by atoms with Crippen molar-refractivity contribution >= 4 is 27.7 Å². The van der Waals surface area contributed by atoms with Gasteiger partial charge < -0.3 is 9.80 Å². The Balaban J connectivity index is 2.03. The molecule has 2 fully saturated rings. The van der Waals surface area contributed by atoms with E-state index in [9.17, 15) is 9.59 Å². The molecular formula is C15H25BrN2O2. The van der Waals surface area contributed by atoms with Gasteiger partial charge in [0.05, 0.1) is 0 Å². The van der Waals surface area contributed by atoms with Gasteiger partial charge in [0.25, 0.3) is 0 Å². The lowest BCUT2D eigenvalue weighted by Crippen LogP contribution is -2.58. The van der Waals surface area contributed by atoms with Crippen molar-refractivity contribution in [3.8, 4) is 0 Å². The maximum atomic E-state index is 12.3. The number of alkyl halides is 1. The summed E-state index contributed by atoms with van der Waals surface area (Å²) in [5, 5.41) is 0.922. The van der Waals surface area contributed by atoms with Crippen LogP contribution in [0, 0.1) is 5.41 Å². The average molecular weight is 345 g/mol. The molecule has 1 saturated heterocycles. The molecule has 1 aliphatic heterocycles. The van der Waals surface area contributed by atoms with Gasteiger partial charge in [-0.2, -0.15) is 0 Å². The molecule has 2 amide bonds. The summed E-state index contributed by atoms with van der Waals surface area (Å²) in [4.78, 5) is 27.9.